The van der Waals surface area contributed by atoms with Gasteiger partial charge in [0.05, 0.1) is 12.0 Å². The Morgan fingerprint density at radius 3 is 2.37 bits per heavy atom. The first-order valence-corrected chi connectivity index (χ1v) is 8.69. The molecular formula is C20H24N2O5. The highest BCUT2D eigenvalue weighted by Gasteiger charge is 2.19. The van der Waals surface area contributed by atoms with Gasteiger partial charge in [-0.3, -0.25) is 14.9 Å². The fraction of sp³-hybridized carbons (Fsp3) is 0.350. The van der Waals surface area contributed by atoms with Crippen LogP contribution in [0.4, 0.5) is 5.69 Å². The molecule has 0 unspecified atom stereocenters. The monoisotopic (exact) mass is 372 g/mol. The number of ether oxygens (including phenoxy) is 2. The molecule has 0 aliphatic rings. The number of nitro groups is 1. The van der Waals surface area contributed by atoms with E-state index in [9.17, 15) is 14.9 Å². The first-order valence-electron chi connectivity index (χ1n) is 8.69. The summed E-state index contributed by atoms with van der Waals surface area (Å²) in [7, 11) is 1.56. The predicted octanol–water partition coefficient (Wildman–Crippen LogP) is 3.81. The van der Waals surface area contributed by atoms with Crippen molar-refractivity contribution in [3.63, 3.8) is 0 Å². The maximum atomic E-state index is 12.2. The molecule has 2 aromatic rings. The van der Waals surface area contributed by atoms with Crippen LogP contribution in [0.15, 0.2) is 42.5 Å². The molecule has 1 atom stereocenters. The lowest BCUT2D eigenvalue weighted by molar-refractivity contribution is -0.384. The first-order chi connectivity index (χ1) is 12.8. The van der Waals surface area contributed by atoms with Crippen LogP contribution < -0.4 is 14.8 Å². The number of non-ortho nitro benzene ring substituents is 1. The summed E-state index contributed by atoms with van der Waals surface area (Å²) >= 11 is 0. The van der Waals surface area contributed by atoms with Crippen LogP contribution in [-0.4, -0.2) is 30.6 Å². The molecule has 0 fully saturated rings. The van der Waals surface area contributed by atoms with Gasteiger partial charge in [-0.2, -0.15) is 0 Å². The summed E-state index contributed by atoms with van der Waals surface area (Å²) in [6.45, 7) is 6.21. The van der Waals surface area contributed by atoms with Gasteiger partial charge in [0.15, 0.2) is 6.10 Å². The van der Waals surface area contributed by atoms with Crippen molar-refractivity contribution in [3.05, 3.63) is 52.6 Å². The topological polar surface area (TPSA) is 90.7 Å². The lowest BCUT2D eigenvalue weighted by Gasteiger charge is -2.18. The smallest absolute Gasteiger partial charge is 0.270 e. The number of methoxy groups -OCH3 is 1. The average molecular weight is 372 g/mol. The minimum atomic E-state index is -0.734. The van der Waals surface area contributed by atoms with Gasteiger partial charge >= 0.3 is 0 Å². The number of carbonyl (C=O) groups is 1. The van der Waals surface area contributed by atoms with Crippen LogP contribution >= 0.6 is 0 Å². The third-order valence-electron chi connectivity index (χ3n) is 3.93. The molecule has 0 radical (unpaired) electrons. The Morgan fingerprint density at radius 2 is 1.81 bits per heavy atom. The summed E-state index contributed by atoms with van der Waals surface area (Å²) in [6.07, 6.45) is -0.734. The van der Waals surface area contributed by atoms with Gasteiger partial charge in [-0.05, 0) is 36.6 Å². The van der Waals surface area contributed by atoms with Gasteiger partial charge in [0.2, 0.25) is 0 Å². The molecule has 27 heavy (non-hydrogen) atoms. The largest absolute Gasteiger partial charge is 0.497 e. The maximum Gasteiger partial charge on any atom is 0.270 e. The maximum absolute atomic E-state index is 12.2. The van der Waals surface area contributed by atoms with Crippen molar-refractivity contribution >= 4 is 11.6 Å². The van der Waals surface area contributed by atoms with Crippen molar-refractivity contribution in [2.75, 3.05) is 13.7 Å². The number of amides is 1. The van der Waals surface area contributed by atoms with E-state index in [1.54, 1.807) is 38.3 Å². The van der Waals surface area contributed by atoms with Crippen molar-refractivity contribution in [2.24, 2.45) is 5.92 Å². The second kappa shape index (κ2) is 9.02. The van der Waals surface area contributed by atoms with E-state index < -0.39 is 11.0 Å². The van der Waals surface area contributed by atoms with Crippen molar-refractivity contribution in [3.8, 4) is 22.6 Å². The quantitative estimate of drug-likeness (QED) is 0.562. The fourth-order valence-corrected chi connectivity index (χ4v) is 2.42. The zero-order chi connectivity index (χ0) is 20.0. The summed E-state index contributed by atoms with van der Waals surface area (Å²) in [5, 5.41) is 14.0. The van der Waals surface area contributed by atoms with Crippen LogP contribution in [0, 0.1) is 16.0 Å². The fourth-order valence-electron chi connectivity index (χ4n) is 2.42. The van der Waals surface area contributed by atoms with Gasteiger partial charge < -0.3 is 14.8 Å². The zero-order valence-corrected chi connectivity index (χ0v) is 15.9. The molecule has 2 rings (SSSR count). The second-order valence-corrected chi connectivity index (χ2v) is 6.57. The van der Waals surface area contributed by atoms with Crippen LogP contribution in [-0.2, 0) is 4.79 Å². The molecule has 7 heteroatoms. The van der Waals surface area contributed by atoms with Gasteiger partial charge in [0.25, 0.3) is 11.6 Å². The second-order valence-electron chi connectivity index (χ2n) is 6.57. The minimum absolute atomic E-state index is 0.0509. The molecule has 1 amide bonds. The predicted molar refractivity (Wildman–Crippen MR) is 103 cm³/mol. The van der Waals surface area contributed by atoms with E-state index in [4.69, 9.17) is 9.47 Å². The Hall–Kier alpha value is -3.09. The van der Waals surface area contributed by atoms with Crippen LogP contribution in [0.25, 0.3) is 11.1 Å². The molecule has 0 heterocycles. The Balaban J connectivity index is 2.31. The van der Waals surface area contributed by atoms with Crippen molar-refractivity contribution in [1.82, 2.24) is 5.32 Å². The van der Waals surface area contributed by atoms with E-state index in [2.05, 4.69) is 5.32 Å². The number of rotatable bonds is 8. The highest BCUT2D eigenvalue weighted by atomic mass is 16.6. The minimum Gasteiger partial charge on any atom is -0.497 e. The Kier molecular flexibility index (Phi) is 6.76. The molecule has 0 aliphatic carbocycles. The van der Waals surface area contributed by atoms with Crippen LogP contribution in [0.1, 0.15) is 20.8 Å². The third kappa shape index (κ3) is 5.44. The highest BCUT2D eigenvalue weighted by Crippen LogP contribution is 2.35. The molecule has 0 spiro atoms. The van der Waals surface area contributed by atoms with Gasteiger partial charge in [-0.15, -0.1) is 0 Å². The van der Waals surface area contributed by atoms with Crippen LogP contribution in [0.3, 0.4) is 0 Å². The van der Waals surface area contributed by atoms with Crippen LogP contribution in [0.2, 0.25) is 0 Å². The van der Waals surface area contributed by atoms with Gasteiger partial charge in [-0.1, -0.05) is 26.0 Å². The highest BCUT2D eigenvalue weighted by molar-refractivity contribution is 5.81. The molecule has 7 nitrogen and oxygen atoms in total. The van der Waals surface area contributed by atoms with E-state index in [-0.39, 0.29) is 11.6 Å². The summed E-state index contributed by atoms with van der Waals surface area (Å²) in [5.41, 5.74) is 1.21. The van der Waals surface area contributed by atoms with E-state index in [0.29, 0.717) is 29.5 Å². The van der Waals surface area contributed by atoms with Gasteiger partial charge in [0, 0.05) is 24.2 Å². The number of nitrogens with zero attached hydrogens (tertiary/aromatic N) is 1. The number of nitrogens with one attached hydrogen (secondary N) is 1. The lowest BCUT2D eigenvalue weighted by Crippen LogP contribution is -2.38. The molecule has 0 aliphatic heterocycles. The standard InChI is InChI=1S/C20H24N2O5/c1-13(2)12-21-20(23)14(3)27-19-10-7-16(22(24)25)11-18(19)15-5-8-17(26-4)9-6-15/h5-11,13-14H,12H2,1-4H3,(H,21,23)/t14-/m1/s1. The SMILES string of the molecule is COc1ccc(-c2cc([N+](=O)[O-])ccc2O[C@H](C)C(=O)NCC(C)C)cc1. The molecule has 2 aromatic carbocycles. The molecule has 1 N–H and O–H groups in total. The molecule has 0 bridgehead atoms. The number of hydrogen-bond acceptors (Lipinski definition) is 5. The number of carbonyl (C=O) groups excluding carboxylic acids is 1. The number of nitro benzene ring substituents is 1. The van der Waals surface area contributed by atoms with E-state index >= 15 is 0 Å². The number of hydrogen-bond donors (Lipinski definition) is 1. The summed E-state index contributed by atoms with van der Waals surface area (Å²) < 4.78 is 11.0. The van der Waals surface area contributed by atoms with E-state index in [0.717, 1.165) is 5.56 Å². The lowest BCUT2D eigenvalue weighted by atomic mass is 10.0. The normalized spacial score (nSPS) is 11.7. The molecule has 0 saturated carbocycles. The first kappa shape index (κ1) is 20.2. The Bertz CT molecular complexity index is 803. The number of benzene rings is 2. The summed E-state index contributed by atoms with van der Waals surface area (Å²) in [4.78, 5) is 22.9. The summed E-state index contributed by atoms with van der Waals surface area (Å²) in [6, 6.07) is 11.4. The van der Waals surface area contributed by atoms with Gasteiger partial charge in [0.1, 0.15) is 11.5 Å². The van der Waals surface area contributed by atoms with Crippen molar-refractivity contribution < 1.29 is 19.2 Å². The van der Waals surface area contributed by atoms with Crippen LogP contribution in [0.5, 0.6) is 11.5 Å². The zero-order valence-electron chi connectivity index (χ0n) is 15.9. The summed E-state index contributed by atoms with van der Waals surface area (Å²) in [5.74, 6) is 1.17. The van der Waals surface area contributed by atoms with E-state index in [1.807, 2.05) is 13.8 Å². The average Bonchev–Trinajstić information content (AvgIpc) is 2.66. The third-order valence-corrected chi connectivity index (χ3v) is 3.93. The van der Waals surface area contributed by atoms with Crippen molar-refractivity contribution in [2.45, 2.75) is 26.9 Å². The van der Waals surface area contributed by atoms with Crippen molar-refractivity contribution in [1.29, 1.82) is 0 Å². The Morgan fingerprint density at radius 1 is 1.15 bits per heavy atom. The van der Waals surface area contributed by atoms with E-state index in [1.165, 1.54) is 18.2 Å². The molecule has 144 valence electrons. The molecule has 0 aromatic heterocycles. The molecule has 0 saturated heterocycles. The molecular weight excluding hydrogens is 348 g/mol. The Labute approximate surface area is 158 Å². The van der Waals surface area contributed by atoms with Gasteiger partial charge in [-0.25, -0.2) is 0 Å².